The Morgan fingerprint density at radius 1 is 1.53 bits per heavy atom. The molecule has 0 bridgehead atoms. The average molecular weight is 318 g/mol. The molecule has 1 aromatic rings. The molecular formula is C13H20BrNOS. The summed E-state index contributed by atoms with van der Waals surface area (Å²) in [7, 11) is 0. The van der Waals surface area contributed by atoms with E-state index in [4.69, 9.17) is 0 Å². The van der Waals surface area contributed by atoms with Crippen LogP contribution in [0.1, 0.15) is 42.4 Å². The van der Waals surface area contributed by atoms with Gasteiger partial charge in [0.05, 0.1) is 4.88 Å². The zero-order valence-corrected chi connectivity index (χ0v) is 13.2. The molecular weight excluding hydrogens is 298 g/mol. The third-order valence-electron chi connectivity index (χ3n) is 2.82. The van der Waals surface area contributed by atoms with Crippen LogP contribution in [0.5, 0.6) is 0 Å². The van der Waals surface area contributed by atoms with E-state index in [9.17, 15) is 4.79 Å². The summed E-state index contributed by atoms with van der Waals surface area (Å²) in [5.74, 6) is 0.0541. The number of amides is 1. The first kappa shape index (κ1) is 14.7. The van der Waals surface area contributed by atoms with Crippen molar-refractivity contribution < 1.29 is 4.79 Å². The highest BCUT2D eigenvalue weighted by Crippen LogP contribution is 2.24. The first-order valence-electron chi connectivity index (χ1n) is 5.77. The number of aryl methyl sites for hydroxylation is 1. The lowest BCUT2D eigenvalue weighted by Gasteiger charge is -2.31. The molecule has 0 spiro atoms. The molecule has 2 nitrogen and oxygen atoms in total. The van der Waals surface area contributed by atoms with E-state index in [-0.39, 0.29) is 17.4 Å². The molecule has 0 aromatic carbocycles. The number of rotatable bonds is 4. The number of halogens is 1. The van der Waals surface area contributed by atoms with E-state index >= 15 is 0 Å². The minimum atomic E-state index is 0.0541. The second-order valence-corrected chi connectivity index (χ2v) is 7.01. The van der Waals surface area contributed by atoms with Crippen LogP contribution in [-0.4, -0.2) is 17.3 Å². The molecule has 0 saturated heterocycles. The maximum absolute atomic E-state index is 12.1. The first-order chi connectivity index (χ1) is 7.86. The predicted molar refractivity (Wildman–Crippen MR) is 78.2 cm³/mol. The van der Waals surface area contributed by atoms with Crippen LogP contribution in [0.2, 0.25) is 0 Å². The summed E-state index contributed by atoms with van der Waals surface area (Å²) >= 11 is 4.95. The zero-order chi connectivity index (χ0) is 13.1. The number of hydrogen-bond donors (Lipinski definition) is 1. The predicted octanol–water partition coefficient (Wildman–Crippen LogP) is 3.99. The molecule has 0 aliphatic heterocycles. The van der Waals surface area contributed by atoms with Crippen LogP contribution in [-0.2, 0) is 0 Å². The summed E-state index contributed by atoms with van der Waals surface area (Å²) in [5.41, 5.74) is 1.13. The Labute approximate surface area is 116 Å². The van der Waals surface area contributed by atoms with Crippen LogP contribution < -0.4 is 5.32 Å². The Hall–Kier alpha value is -0.350. The number of carbonyl (C=O) groups is 1. The van der Waals surface area contributed by atoms with Crippen molar-refractivity contribution in [1.29, 1.82) is 0 Å². The smallest absolute Gasteiger partial charge is 0.261 e. The summed E-state index contributed by atoms with van der Waals surface area (Å²) in [4.78, 5) is 13.0. The number of alkyl halides is 1. The van der Waals surface area contributed by atoms with Gasteiger partial charge in [-0.15, -0.1) is 11.3 Å². The summed E-state index contributed by atoms with van der Waals surface area (Å²) in [6.45, 7) is 8.44. The maximum Gasteiger partial charge on any atom is 0.261 e. The summed E-state index contributed by atoms with van der Waals surface area (Å²) in [6.07, 6.45) is 0.944. The molecule has 1 atom stereocenters. The van der Waals surface area contributed by atoms with Crippen LogP contribution in [0.4, 0.5) is 0 Å². The van der Waals surface area contributed by atoms with Gasteiger partial charge in [-0.05, 0) is 35.8 Å². The third kappa shape index (κ3) is 4.11. The molecule has 0 radical (unpaired) electrons. The molecule has 1 heterocycles. The lowest BCUT2D eigenvalue weighted by molar-refractivity contribution is 0.0904. The second-order valence-electron chi connectivity index (χ2n) is 5.30. The van der Waals surface area contributed by atoms with Crippen molar-refractivity contribution in [2.45, 2.75) is 40.2 Å². The Morgan fingerprint density at radius 2 is 2.18 bits per heavy atom. The van der Waals surface area contributed by atoms with Gasteiger partial charge in [0, 0.05) is 11.4 Å². The third-order valence-corrected chi connectivity index (χ3v) is 4.29. The van der Waals surface area contributed by atoms with E-state index in [1.54, 1.807) is 0 Å². The molecule has 96 valence electrons. The fourth-order valence-corrected chi connectivity index (χ4v) is 2.95. The largest absolute Gasteiger partial charge is 0.348 e. The van der Waals surface area contributed by atoms with Gasteiger partial charge in [0.25, 0.3) is 5.91 Å². The van der Waals surface area contributed by atoms with Crippen LogP contribution in [0.25, 0.3) is 0 Å². The van der Waals surface area contributed by atoms with Crippen LogP contribution in [0.15, 0.2) is 11.4 Å². The Kier molecular flexibility index (Phi) is 5.20. The Bertz CT molecular complexity index is 381. The van der Waals surface area contributed by atoms with Gasteiger partial charge < -0.3 is 5.32 Å². The van der Waals surface area contributed by atoms with Crippen LogP contribution >= 0.6 is 27.3 Å². The zero-order valence-electron chi connectivity index (χ0n) is 10.8. The Morgan fingerprint density at radius 3 is 2.59 bits per heavy atom. The molecule has 0 aliphatic rings. The quantitative estimate of drug-likeness (QED) is 0.836. The lowest BCUT2D eigenvalue weighted by atomic mass is 9.85. The number of thiophene rings is 1. The van der Waals surface area contributed by atoms with Gasteiger partial charge in [0.2, 0.25) is 0 Å². The van der Waals surface area contributed by atoms with Gasteiger partial charge in [-0.3, -0.25) is 4.79 Å². The maximum atomic E-state index is 12.1. The second kappa shape index (κ2) is 6.01. The Balaban J connectivity index is 2.75. The van der Waals surface area contributed by atoms with Gasteiger partial charge in [0.1, 0.15) is 0 Å². The fourth-order valence-electron chi connectivity index (χ4n) is 1.66. The van der Waals surface area contributed by atoms with Gasteiger partial charge >= 0.3 is 0 Å². The monoisotopic (exact) mass is 317 g/mol. The highest BCUT2D eigenvalue weighted by atomic mass is 79.9. The number of nitrogens with one attached hydrogen (secondary N) is 1. The highest BCUT2D eigenvalue weighted by Gasteiger charge is 2.26. The van der Waals surface area contributed by atoms with Crippen LogP contribution in [0, 0.1) is 12.3 Å². The SMILES string of the molecule is Cc1ccsc1C(=O)NC(CCBr)C(C)(C)C. The van der Waals surface area contributed by atoms with E-state index in [0.717, 1.165) is 22.2 Å². The van der Waals surface area contributed by atoms with Crippen molar-refractivity contribution >= 4 is 33.2 Å². The number of hydrogen-bond acceptors (Lipinski definition) is 2. The lowest BCUT2D eigenvalue weighted by Crippen LogP contribution is -2.43. The first-order valence-corrected chi connectivity index (χ1v) is 7.77. The van der Waals surface area contributed by atoms with Crippen molar-refractivity contribution in [3.05, 3.63) is 21.9 Å². The van der Waals surface area contributed by atoms with Gasteiger partial charge in [0.15, 0.2) is 0 Å². The molecule has 1 aromatic heterocycles. The van der Waals surface area contributed by atoms with Crippen molar-refractivity contribution in [3.8, 4) is 0 Å². The molecule has 0 saturated carbocycles. The molecule has 1 N–H and O–H groups in total. The van der Waals surface area contributed by atoms with Crippen molar-refractivity contribution in [2.24, 2.45) is 5.41 Å². The molecule has 0 aliphatic carbocycles. The minimum Gasteiger partial charge on any atom is -0.348 e. The van der Waals surface area contributed by atoms with E-state index in [0.29, 0.717) is 0 Å². The van der Waals surface area contributed by atoms with Gasteiger partial charge in [-0.2, -0.15) is 0 Å². The molecule has 1 rings (SSSR count). The molecule has 4 heteroatoms. The molecule has 1 amide bonds. The molecule has 0 fully saturated rings. The fraction of sp³-hybridized carbons (Fsp3) is 0.615. The summed E-state index contributed by atoms with van der Waals surface area (Å²) in [5, 5.41) is 6.00. The standard InChI is InChI=1S/C13H20BrNOS/c1-9-6-8-17-11(9)12(16)15-10(5-7-14)13(2,3)4/h6,8,10H,5,7H2,1-4H3,(H,15,16). The summed E-state index contributed by atoms with van der Waals surface area (Å²) < 4.78 is 0. The van der Waals surface area contributed by atoms with Gasteiger partial charge in [-0.1, -0.05) is 36.7 Å². The summed E-state index contributed by atoms with van der Waals surface area (Å²) in [6, 6.07) is 2.17. The molecule has 17 heavy (non-hydrogen) atoms. The minimum absolute atomic E-state index is 0.0541. The van der Waals surface area contributed by atoms with Crippen molar-refractivity contribution in [3.63, 3.8) is 0 Å². The van der Waals surface area contributed by atoms with Crippen molar-refractivity contribution in [2.75, 3.05) is 5.33 Å². The normalized spacial score (nSPS) is 13.5. The van der Waals surface area contributed by atoms with Crippen molar-refractivity contribution in [1.82, 2.24) is 5.32 Å². The van der Waals surface area contributed by atoms with Crippen LogP contribution in [0.3, 0.4) is 0 Å². The highest BCUT2D eigenvalue weighted by molar-refractivity contribution is 9.09. The van der Waals surface area contributed by atoms with E-state index in [2.05, 4.69) is 42.0 Å². The molecule has 1 unspecified atom stereocenters. The van der Waals surface area contributed by atoms with E-state index in [1.165, 1.54) is 11.3 Å². The van der Waals surface area contributed by atoms with E-state index < -0.39 is 0 Å². The van der Waals surface area contributed by atoms with E-state index in [1.807, 2.05) is 18.4 Å². The topological polar surface area (TPSA) is 29.1 Å². The average Bonchev–Trinajstić information content (AvgIpc) is 2.62. The number of carbonyl (C=O) groups excluding carboxylic acids is 1. The van der Waals surface area contributed by atoms with Gasteiger partial charge in [-0.25, -0.2) is 0 Å².